The van der Waals surface area contributed by atoms with Gasteiger partial charge in [-0.2, -0.15) is 5.10 Å². The molecule has 0 fully saturated rings. The number of hydrogen-bond acceptors (Lipinski definition) is 3. The molecule has 0 bridgehead atoms. The Hall–Kier alpha value is -2.20. The Morgan fingerprint density at radius 3 is 2.67 bits per heavy atom. The van der Waals surface area contributed by atoms with Crippen LogP contribution in [0.25, 0.3) is 0 Å². The molecule has 0 radical (unpaired) electrons. The largest absolute Gasteiger partial charge is 0.380 e. The van der Waals surface area contributed by atoms with Crippen LogP contribution in [0.3, 0.4) is 0 Å². The summed E-state index contributed by atoms with van der Waals surface area (Å²) in [5, 5.41) is 8.38. The molecule has 0 aliphatic carbocycles. The van der Waals surface area contributed by atoms with Gasteiger partial charge in [-0.1, -0.05) is 35.9 Å². The van der Waals surface area contributed by atoms with Crippen molar-refractivity contribution >= 4 is 23.7 Å². The molecule has 1 heterocycles. The van der Waals surface area contributed by atoms with Gasteiger partial charge in [0.2, 0.25) is 0 Å². The fourth-order valence-electron chi connectivity index (χ4n) is 1.30. The predicted octanol–water partition coefficient (Wildman–Crippen LogP) is 2.47. The van der Waals surface area contributed by atoms with Crippen molar-refractivity contribution in [2.75, 3.05) is 0 Å². The molecule has 2 N–H and O–H groups in total. The highest BCUT2D eigenvalue weighted by atomic mass is 35.5. The summed E-state index contributed by atoms with van der Waals surface area (Å²) in [5.41, 5.74) is 7.12. The third-order valence-electron chi connectivity index (χ3n) is 2.19. The predicted molar refractivity (Wildman–Crippen MR) is 74.0 cm³/mol. The number of rotatable bonds is 3. The van der Waals surface area contributed by atoms with Crippen LogP contribution in [-0.2, 0) is 0 Å². The average Bonchev–Trinajstić information content (AvgIpc) is 2.42. The Kier molecular flexibility index (Phi) is 4.04. The summed E-state index contributed by atoms with van der Waals surface area (Å²) in [6, 6.07) is 12.8. The van der Waals surface area contributed by atoms with E-state index in [1.807, 2.05) is 30.3 Å². The van der Waals surface area contributed by atoms with Crippen LogP contribution in [0.1, 0.15) is 11.3 Å². The van der Waals surface area contributed by atoms with Gasteiger partial charge in [0.05, 0.1) is 6.21 Å². The first kappa shape index (κ1) is 12.3. The van der Waals surface area contributed by atoms with Gasteiger partial charge in [-0.3, -0.25) is 4.98 Å². The lowest BCUT2D eigenvalue weighted by molar-refractivity contribution is 1.20. The first-order valence-electron chi connectivity index (χ1n) is 5.30. The Bertz CT molecular complexity index is 579. The van der Waals surface area contributed by atoms with Gasteiger partial charge in [-0.15, -0.1) is 5.10 Å². The molecule has 0 saturated carbocycles. The van der Waals surface area contributed by atoms with E-state index in [0.717, 1.165) is 5.56 Å². The summed E-state index contributed by atoms with van der Waals surface area (Å²) in [7, 11) is 0. The molecular formula is C13H11ClN4. The Labute approximate surface area is 110 Å². The molecule has 0 amide bonds. The smallest absolute Gasteiger partial charge is 0.171 e. The van der Waals surface area contributed by atoms with Crippen molar-refractivity contribution in [2.45, 2.75) is 0 Å². The Morgan fingerprint density at radius 1 is 1.17 bits per heavy atom. The number of nitrogens with zero attached hydrogens (tertiary/aromatic N) is 3. The molecule has 0 aliphatic rings. The molecule has 2 aromatic rings. The van der Waals surface area contributed by atoms with Crippen LogP contribution in [0.5, 0.6) is 0 Å². The van der Waals surface area contributed by atoms with Crippen molar-refractivity contribution in [3.63, 3.8) is 0 Å². The summed E-state index contributed by atoms with van der Waals surface area (Å²) in [6.45, 7) is 0. The van der Waals surface area contributed by atoms with Gasteiger partial charge in [0.1, 0.15) is 5.69 Å². The SMILES string of the molecule is N/C(=N/N=C/c1ccccc1Cl)c1ccccn1. The summed E-state index contributed by atoms with van der Waals surface area (Å²) in [5.74, 6) is 0.263. The molecule has 5 heteroatoms. The zero-order valence-electron chi connectivity index (χ0n) is 9.49. The first-order chi connectivity index (χ1) is 8.77. The fourth-order valence-corrected chi connectivity index (χ4v) is 1.48. The fraction of sp³-hybridized carbons (Fsp3) is 0. The van der Waals surface area contributed by atoms with Crippen molar-refractivity contribution in [1.29, 1.82) is 0 Å². The van der Waals surface area contributed by atoms with Gasteiger partial charge in [0.15, 0.2) is 5.84 Å². The number of amidine groups is 1. The molecule has 90 valence electrons. The van der Waals surface area contributed by atoms with Crippen LogP contribution in [-0.4, -0.2) is 17.0 Å². The average molecular weight is 259 g/mol. The third kappa shape index (κ3) is 3.15. The van der Waals surface area contributed by atoms with Crippen LogP contribution in [0, 0.1) is 0 Å². The number of benzene rings is 1. The van der Waals surface area contributed by atoms with Gasteiger partial charge in [0.25, 0.3) is 0 Å². The second-order valence-corrected chi connectivity index (χ2v) is 3.87. The van der Waals surface area contributed by atoms with Crippen molar-refractivity contribution in [1.82, 2.24) is 4.98 Å². The number of pyridine rings is 1. The van der Waals surface area contributed by atoms with Gasteiger partial charge >= 0.3 is 0 Å². The minimum Gasteiger partial charge on any atom is -0.380 e. The minimum atomic E-state index is 0.263. The van der Waals surface area contributed by atoms with E-state index in [1.54, 1.807) is 24.5 Å². The molecule has 0 atom stereocenters. The van der Waals surface area contributed by atoms with E-state index in [2.05, 4.69) is 15.2 Å². The Morgan fingerprint density at radius 2 is 1.94 bits per heavy atom. The van der Waals surface area contributed by atoms with E-state index in [0.29, 0.717) is 10.7 Å². The second kappa shape index (κ2) is 5.93. The monoisotopic (exact) mass is 258 g/mol. The van der Waals surface area contributed by atoms with Crippen LogP contribution in [0.4, 0.5) is 0 Å². The normalized spacial score (nSPS) is 11.9. The van der Waals surface area contributed by atoms with Crippen LogP contribution >= 0.6 is 11.6 Å². The zero-order valence-corrected chi connectivity index (χ0v) is 10.2. The molecule has 18 heavy (non-hydrogen) atoms. The lowest BCUT2D eigenvalue weighted by Crippen LogP contribution is -2.14. The molecule has 0 unspecified atom stereocenters. The molecule has 1 aromatic heterocycles. The standard InChI is InChI=1S/C13H11ClN4/c14-11-6-2-1-5-10(11)9-17-18-13(15)12-7-3-4-8-16-12/h1-9H,(H2,15,18)/b17-9+. The van der Waals surface area contributed by atoms with Crippen LogP contribution in [0.15, 0.2) is 58.9 Å². The number of halogens is 1. The first-order valence-corrected chi connectivity index (χ1v) is 5.67. The summed E-state index contributed by atoms with van der Waals surface area (Å²) >= 11 is 5.97. The van der Waals surface area contributed by atoms with E-state index in [-0.39, 0.29) is 5.84 Å². The molecule has 0 spiro atoms. The molecular weight excluding hydrogens is 248 g/mol. The quantitative estimate of drug-likeness (QED) is 0.522. The molecule has 1 aromatic carbocycles. The van der Waals surface area contributed by atoms with Crippen molar-refractivity contribution in [2.24, 2.45) is 15.9 Å². The minimum absolute atomic E-state index is 0.263. The van der Waals surface area contributed by atoms with E-state index in [9.17, 15) is 0 Å². The zero-order chi connectivity index (χ0) is 12.8. The highest BCUT2D eigenvalue weighted by molar-refractivity contribution is 6.33. The van der Waals surface area contributed by atoms with Crippen LogP contribution < -0.4 is 5.73 Å². The van der Waals surface area contributed by atoms with Gasteiger partial charge in [-0.05, 0) is 18.2 Å². The van der Waals surface area contributed by atoms with Gasteiger partial charge < -0.3 is 5.73 Å². The maximum absolute atomic E-state index is 5.97. The number of nitrogens with two attached hydrogens (primary N) is 1. The second-order valence-electron chi connectivity index (χ2n) is 3.47. The topological polar surface area (TPSA) is 63.6 Å². The van der Waals surface area contributed by atoms with Gasteiger partial charge in [0, 0.05) is 16.8 Å². The Balaban J connectivity index is 2.14. The molecule has 2 rings (SSSR count). The third-order valence-corrected chi connectivity index (χ3v) is 2.54. The van der Waals surface area contributed by atoms with E-state index >= 15 is 0 Å². The lowest BCUT2D eigenvalue weighted by atomic mass is 10.2. The van der Waals surface area contributed by atoms with Crippen LogP contribution in [0.2, 0.25) is 5.02 Å². The highest BCUT2D eigenvalue weighted by Gasteiger charge is 1.97. The maximum atomic E-state index is 5.97. The molecule has 0 saturated heterocycles. The van der Waals surface area contributed by atoms with Gasteiger partial charge in [-0.25, -0.2) is 0 Å². The van der Waals surface area contributed by atoms with Crippen molar-refractivity contribution in [3.8, 4) is 0 Å². The lowest BCUT2D eigenvalue weighted by Gasteiger charge is -1.96. The highest BCUT2D eigenvalue weighted by Crippen LogP contribution is 2.12. The number of hydrogen-bond donors (Lipinski definition) is 1. The van der Waals surface area contributed by atoms with Crippen molar-refractivity contribution < 1.29 is 0 Å². The summed E-state index contributed by atoms with van der Waals surface area (Å²) in [6.07, 6.45) is 3.20. The van der Waals surface area contributed by atoms with E-state index in [1.165, 1.54) is 0 Å². The van der Waals surface area contributed by atoms with Crippen molar-refractivity contribution in [3.05, 3.63) is 64.9 Å². The summed E-state index contributed by atoms with van der Waals surface area (Å²) < 4.78 is 0. The van der Waals surface area contributed by atoms with E-state index in [4.69, 9.17) is 17.3 Å². The van der Waals surface area contributed by atoms with E-state index < -0.39 is 0 Å². The summed E-state index contributed by atoms with van der Waals surface area (Å²) in [4.78, 5) is 4.07. The maximum Gasteiger partial charge on any atom is 0.171 e. The number of aromatic nitrogens is 1. The molecule has 4 nitrogen and oxygen atoms in total. The molecule has 0 aliphatic heterocycles.